The Bertz CT molecular complexity index is 882. The number of carbonyl (C=O) groups excluding carboxylic acids is 2. The van der Waals surface area contributed by atoms with E-state index in [1.54, 1.807) is 41.2 Å². The highest BCUT2D eigenvalue weighted by Gasteiger charge is 2.19. The van der Waals surface area contributed by atoms with Crippen molar-refractivity contribution >= 4 is 29.1 Å². The fourth-order valence-electron chi connectivity index (χ4n) is 2.14. The molecule has 2 heterocycles. The van der Waals surface area contributed by atoms with Gasteiger partial charge in [-0.2, -0.15) is 10.2 Å². The molecule has 0 saturated carbocycles. The Hall–Kier alpha value is -2.93. The highest BCUT2D eigenvalue weighted by molar-refractivity contribution is 6.46. The number of amides is 1. The van der Waals surface area contributed by atoms with E-state index in [-0.39, 0.29) is 5.56 Å². The molecule has 0 bridgehead atoms. The molecule has 3 aromatic rings. The van der Waals surface area contributed by atoms with Crippen molar-refractivity contribution in [3.63, 3.8) is 0 Å². The van der Waals surface area contributed by atoms with Crippen molar-refractivity contribution in [2.24, 2.45) is 0 Å². The van der Waals surface area contributed by atoms with Crippen LogP contribution < -0.4 is 5.32 Å². The van der Waals surface area contributed by atoms with Gasteiger partial charge in [0.15, 0.2) is 0 Å². The van der Waals surface area contributed by atoms with Crippen molar-refractivity contribution in [3.05, 3.63) is 59.5 Å². The third-order valence-corrected chi connectivity index (χ3v) is 3.63. The molecule has 2 aromatic heterocycles. The molecule has 122 valence electrons. The second-order valence-electron chi connectivity index (χ2n) is 4.97. The van der Waals surface area contributed by atoms with Crippen LogP contribution in [0.5, 0.6) is 0 Å². The minimum Gasteiger partial charge on any atom is -0.304 e. The van der Waals surface area contributed by atoms with Gasteiger partial charge in [0.1, 0.15) is 5.82 Å². The smallest absolute Gasteiger partial charge is 0.298 e. The van der Waals surface area contributed by atoms with Gasteiger partial charge in [0.05, 0.1) is 23.6 Å². The number of halogens is 1. The molecule has 1 N–H and O–H groups in total. The molecular formula is C16H14ClN5O2. The molecule has 0 saturated heterocycles. The van der Waals surface area contributed by atoms with E-state index in [1.807, 2.05) is 6.92 Å². The Morgan fingerprint density at radius 3 is 2.58 bits per heavy atom. The predicted molar refractivity (Wildman–Crippen MR) is 89.4 cm³/mol. The number of hydrogen-bond acceptors (Lipinski definition) is 4. The van der Waals surface area contributed by atoms with Gasteiger partial charge >= 0.3 is 0 Å². The van der Waals surface area contributed by atoms with Crippen molar-refractivity contribution in [2.75, 3.05) is 5.32 Å². The normalized spacial score (nSPS) is 10.6. The van der Waals surface area contributed by atoms with Crippen LogP contribution in [0.25, 0.3) is 5.69 Å². The Morgan fingerprint density at radius 2 is 1.92 bits per heavy atom. The molecule has 24 heavy (non-hydrogen) atoms. The number of carbonyl (C=O) groups is 2. The van der Waals surface area contributed by atoms with Gasteiger partial charge in [0.2, 0.25) is 0 Å². The number of rotatable bonds is 5. The summed E-state index contributed by atoms with van der Waals surface area (Å²) in [5.74, 6) is -1.02. The number of nitrogens with one attached hydrogen (secondary N) is 1. The van der Waals surface area contributed by atoms with Gasteiger partial charge in [-0.3, -0.25) is 14.3 Å². The minimum absolute atomic E-state index is 0.243. The van der Waals surface area contributed by atoms with Crippen LogP contribution in [-0.4, -0.2) is 31.3 Å². The first kappa shape index (κ1) is 15.9. The van der Waals surface area contributed by atoms with Crippen LogP contribution in [0.3, 0.4) is 0 Å². The molecule has 0 aliphatic heterocycles. The molecule has 0 fully saturated rings. The summed E-state index contributed by atoms with van der Waals surface area (Å²) in [6.07, 6.45) is 4.45. The third kappa shape index (κ3) is 3.21. The molecule has 8 heteroatoms. The second kappa shape index (κ2) is 6.67. The summed E-state index contributed by atoms with van der Waals surface area (Å²) in [5.41, 5.74) is 0.956. The Kier molecular flexibility index (Phi) is 4.43. The summed E-state index contributed by atoms with van der Waals surface area (Å²) in [5, 5.41) is 11.3. The number of aromatic nitrogens is 4. The summed E-state index contributed by atoms with van der Waals surface area (Å²) in [4.78, 5) is 24.4. The van der Waals surface area contributed by atoms with Crippen molar-refractivity contribution in [1.82, 2.24) is 19.6 Å². The van der Waals surface area contributed by atoms with E-state index in [4.69, 9.17) is 11.6 Å². The molecule has 0 radical (unpaired) electrons. The van der Waals surface area contributed by atoms with Crippen LogP contribution >= 0.6 is 11.6 Å². The first-order valence-electron chi connectivity index (χ1n) is 7.26. The number of ketones is 1. The van der Waals surface area contributed by atoms with Gasteiger partial charge in [-0.1, -0.05) is 11.6 Å². The van der Waals surface area contributed by atoms with Crippen LogP contribution in [0.2, 0.25) is 5.02 Å². The zero-order chi connectivity index (χ0) is 17.1. The molecule has 0 aliphatic carbocycles. The van der Waals surface area contributed by atoms with Crippen LogP contribution in [-0.2, 0) is 11.3 Å². The van der Waals surface area contributed by atoms with Crippen LogP contribution in [0.4, 0.5) is 5.82 Å². The summed E-state index contributed by atoms with van der Waals surface area (Å²) < 4.78 is 3.09. The average molecular weight is 344 g/mol. The maximum Gasteiger partial charge on any atom is 0.298 e. The monoisotopic (exact) mass is 343 g/mol. The van der Waals surface area contributed by atoms with E-state index in [1.165, 1.54) is 17.1 Å². The SMILES string of the molecule is CCn1cc(C(=O)C(=O)Nc2ccnn2-c2ccc(Cl)cc2)cn1. The van der Waals surface area contributed by atoms with E-state index >= 15 is 0 Å². The standard InChI is InChI=1S/C16H14ClN5O2/c1-2-21-10-11(9-19-21)15(23)16(24)20-14-7-8-18-22(14)13-5-3-12(17)4-6-13/h3-10H,2H2,1H3,(H,20,24). The lowest BCUT2D eigenvalue weighted by Gasteiger charge is -2.08. The largest absolute Gasteiger partial charge is 0.304 e. The van der Waals surface area contributed by atoms with Gasteiger partial charge < -0.3 is 5.32 Å². The molecule has 1 aromatic carbocycles. The minimum atomic E-state index is -0.749. The number of aryl methyl sites for hydroxylation is 1. The van der Waals surface area contributed by atoms with Crippen molar-refractivity contribution < 1.29 is 9.59 Å². The second-order valence-corrected chi connectivity index (χ2v) is 5.41. The van der Waals surface area contributed by atoms with Gasteiger partial charge in [0.25, 0.3) is 11.7 Å². The average Bonchev–Trinajstić information content (AvgIpc) is 3.24. The molecule has 1 amide bonds. The summed E-state index contributed by atoms with van der Waals surface area (Å²) in [6.45, 7) is 2.52. The molecule has 0 spiro atoms. The summed E-state index contributed by atoms with van der Waals surface area (Å²) >= 11 is 5.87. The topological polar surface area (TPSA) is 81.8 Å². The quantitative estimate of drug-likeness (QED) is 0.570. The zero-order valence-electron chi connectivity index (χ0n) is 12.8. The van der Waals surface area contributed by atoms with Crippen molar-refractivity contribution in [1.29, 1.82) is 0 Å². The fraction of sp³-hybridized carbons (Fsp3) is 0.125. The molecular weight excluding hydrogens is 330 g/mol. The zero-order valence-corrected chi connectivity index (χ0v) is 13.6. The molecule has 0 unspecified atom stereocenters. The lowest BCUT2D eigenvalue weighted by Crippen LogP contribution is -2.24. The predicted octanol–water partition coefficient (Wildman–Crippen LogP) is 2.56. The first-order chi connectivity index (χ1) is 11.6. The van der Waals surface area contributed by atoms with Crippen LogP contribution in [0.15, 0.2) is 48.9 Å². The maximum absolute atomic E-state index is 12.2. The van der Waals surface area contributed by atoms with E-state index in [0.717, 1.165) is 0 Å². The van der Waals surface area contributed by atoms with Gasteiger partial charge in [-0.05, 0) is 31.2 Å². The molecule has 0 aliphatic rings. The number of anilines is 1. The Labute approximate surface area is 142 Å². The highest BCUT2D eigenvalue weighted by atomic mass is 35.5. The van der Waals surface area contributed by atoms with Crippen molar-refractivity contribution in [2.45, 2.75) is 13.5 Å². The fourth-order valence-corrected chi connectivity index (χ4v) is 2.27. The molecule has 3 rings (SSSR count). The van der Waals surface area contributed by atoms with Crippen LogP contribution in [0, 0.1) is 0 Å². The number of hydrogen-bond donors (Lipinski definition) is 1. The van der Waals surface area contributed by atoms with Crippen LogP contribution in [0.1, 0.15) is 17.3 Å². The summed E-state index contributed by atoms with van der Waals surface area (Å²) in [7, 11) is 0. The van der Waals surface area contributed by atoms with E-state index < -0.39 is 11.7 Å². The number of nitrogens with zero attached hydrogens (tertiary/aromatic N) is 4. The number of Topliss-reactive ketones (excluding diaryl/α,β-unsaturated/α-hetero) is 1. The van der Waals surface area contributed by atoms with Gasteiger partial charge in [-0.25, -0.2) is 4.68 Å². The Morgan fingerprint density at radius 1 is 1.17 bits per heavy atom. The van der Waals surface area contributed by atoms with Gasteiger partial charge in [-0.15, -0.1) is 0 Å². The van der Waals surface area contributed by atoms with Gasteiger partial charge in [0, 0.05) is 23.8 Å². The highest BCUT2D eigenvalue weighted by Crippen LogP contribution is 2.17. The molecule has 7 nitrogen and oxygen atoms in total. The molecule has 0 atom stereocenters. The lowest BCUT2D eigenvalue weighted by atomic mass is 10.2. The lowest BCUT2D eigenvalue weighted by molar-refractivity contribution is -0.112. The summed E-state index contributed by atoms with van der Waals surface area (Å²) in [6, 6.07) is 8.56. The van der Waals surface area contributed by atoms with E-state index in [9.17, 15) is 9.59 Å². The van der Waals surface area contributed by atoms with E-state index in [2.05, 4.69) is 15.5 Å². The van der Waals surface area contributed by atoms with Crippen molar-refractivity contribution in [3.8, 4) is 5.69 Å². The van der Waals surface area contributed by atoms with E-state index in [0.29, 0.717) is 23.1 Å². The number of benzene rings is 1. The first-order valence-corrected chi connectivity index (χ1v) is 7.64. The third-order valence-electron chi connectivity index (χ3n) is 3.38. The Balaban J connectivity index is 1.79. The maximum atomic E-state index is 12.2.